The predicted molar refractivity (Wildman–Crippen MR) is 66.5 cm³/mol. The first-order valence-corrected chi connectivity index (χ1v) is 6.00. The van der Waals surface area contributed by atoms with Gasteiger partial charge in [0, 0.05) is 10.7 Å². The fourth-order valence-corrected chi connectivity index (χ4v) is 1.87. The van der Waals surface area contributed by atoms with E-state index in [9.17, 15) is 8.78 Å². The van der Waals surface area contributed by atoms with Crippen LogP contribution >= 0.6 is 15.9 Å². The predicted octanol–water partition coefficient (Wildman–Crippen LogP) is 2.06. The van der Waals surface area contributed by atoms with E-state index in [-0.39, 0.29) is 12.6 Å². The highest BCUT2D eigenvalue weighted by molar-refractivity contribution is 9.10. The Morgan fingerprint density at radius 1 is 1.50 bits per heavy atom. The zero-order valence-electron chi connectivity index (χ0n) is 9.31. The van der Waals surface area contributed by atoms with Crippen molar-refractivity contribution in [3.8, 4) is 0 Å². The van der Waals surface area contributed by atoms with Crippen molar-refractivity contribution in [2.45, 2.75) is 13.0 Å². The molecule has 0 amide bonds. The second-order valence-corrected chi connectivity index (χ2v) is 4.50. The van der Waals surface area contributed by atoms with Gasteiger partial charge in [-0.3, -0.25) is 4.57 Å². The van der Waals surface area contributed by atoms with Gasteiger partial charge in [-0.05, 0) is 22.0 Å². The van der Waals surface area contributed by atoms with Crippen LogP contribution in [0.1, 0.15) is 0 Å². The van der Waals surface area contributed by atoms with Crippen LogP contribution in [-0.4, -0.2) is 34.2 Å². The summed E-state index contributed by atoms with van der Waals surface area (Å²) in [6.07, 6.45) is -0.837. The van der Waals surface area contributed by atoms with Crippen molar-refractivity contribution in [3.05, 3.63) is 16.7 Å². The lowest BCUT2D eigenvalue weighted by molar-refractivity contribution is 0.0151. The number of rotatable bonds is 5. The quantitative estimate of drug-likeness (QED) is 0.856. The number of nitrogen functional groups attached to an aromatic ring is 1. The van der Waals surface area contributed by atoms with Crippen LogP contribution < -0.4 is 5.73 Å². The summed E-state index contributed by atoms with van der Waals surface area (Å²) in [5.41, 5.74) is 6.99. The molecule has 0 spiro atoms. The number of nitrogens with two attached hydrogens (primary N) is 1. The largest absolute Gasteiger partial charge is 0.374 e. The number of ether oxygens (including phenoxy) is 1. The monoisotopic (exact) mass is 320 g/mol. The number of fused-ring (bicyclic) bond motifs is 1. The Morgan fingerprint density at radius 3 is 3.00 bits per heavy atom. The minimum absolute atomic E-state index is 0.137. The Morgan fingerprint density at radius 2 is 2.28 bits per heavy atom. The molecular weight excluding hydrogens is 310 g/mol. The summed E-state index contributed by atoms with van der Waals surface area (Å²) in [6.45, 7) is -0.104. The molecule has 0 aliphatic rings. The van der Waals surface area contributed by atoms with Gasteiger partial charge in [-0.15, -0.1) is 0 Å². The number of imidazole rings is 1. The molecule has 0 aliphatic carbocycles. The van der Waals surface area contributed by atoms with Crippen LogP contribution in [0, 0.1) is 0 Å². The molecule has 18 heavy (non-hydrogen) atoms. The van der Waals surface area contributed by atoms with Crippen LogP contribution in [0.5, 0.6) is 0 Å². The molecule has 0 aliphatic heterocycles. The fourth-order valence-electron chi connectivity index (χ4n) is 1.55. The molecule has 2 aromatic rings. The van der Waals surface area contributed by atoms with Gasteiger partial charge in [0.05, 0.1) is 13.2 Å². The van der Waals surface area contributed by atoms with Gasteiger partial charge < -0.3 is 10.5 Å². The van der Waals surface area contributed by atoms with Gasteiger partial charge in [-0.2, -0.15) is 0 Å². The Labute approximate surface area is 110 Å². The molecule has 2 rings (SSSR count). The van der Waals surface area contributed by atoms with Gasteiger partial charge in [0.25, 0.3) is 6.43 Å². The lowest BCUT2D eigenvalue weighted by Crippen LogP contribution is -2.12. The maximum Gasteiger partial charge on any atom is 0.261 e. The van der Waals surface area contributed by atoms with Crippen LogP contribution in [0.15, 0.2) is 16.7 Å². The molecule has 0 saturated heterocycles. The molecule has 0 atom stereocenters. The van der Waals surface area contributed by atoms with E-state index in [1.165, 1.54) is 0 Å². The molecule has 5 nitrogen and oxygen atoms in total. The fraction of sp³-hybridized carbons (Fsp3) is 0.400. The van der Waals surface area contributed by atoms with Gasteiger partial charge in [0.2, 0.25) is 5.95 Å². The maximum atomic E-state index is 11.9. The molecule has 98 valence electrons. The SMILES string of the molecule is Nc1nc2cc(Br)cnc2n1CCOCC(F)F. The van der Waals surface area contributed by atoms with E-state index in [2.05, 4.69) is 25.9 Å². The molecule has 2 N–H and O–H groups in total. The van der Waals surface area contributed by atoms with Crippen LogP contribution in [0.25, 0.3) is 11.2 Å². The summed E-state index contributed by atoms with van der Waals surface area (Å²) in [5.74, 6) is 0.288. The molecule has 0 aromatic carbocycles. The normalized spacial score (nSPS) is 11.6. The molecule has 0 saturated carbocycles. The summed E-state index contributed by atoms with van der Waals surface area (Å²) < 4.78 is 31.0. The van der Waals surface area contributed by atoms with Crippen molar-refractivity contribution >= 4 is 33.0 Å². The number of anilines is 1. The van der Waals surface area contributed by atoms with Crippen LogP contribution in [0.2, 0.25) is 0 Å². The third-order valence-electron chi connectivity index (χ3n) is 2.28. The minimum Gasteiger partial charge on any atom is -0.374 e. The van der Waals surface area contributed by atoms with E-state index in [4.69, 9.17) is 10.5 Å². The van der Waals surface area contributed by atoms with E-state index in [0.29, 0.717) is 17.7 Å². The third kappa shape index (κ3) is 2.94. The van der Waals surface area contributed by atoms with E-state index < -0.39 is 13.0 Å². The van der Waals surface area contributed by atoms with Crippen LogP contribution in [-0.2, 0) is 11.3 Å². The number of nitrogens with zero attached hydrogens (tertiary/aromatic N) is 3. The van der Waals surface area contributed by atoms with Crippen LogP contribution in [0.4, 0.5) is 14.7 Å². The highest BCUT2D eigenvalue weighted by Crippen LogP contribution is 2.19. The van der Waals surface area contributed by atoms with Crippen molar-refractivity contribution < 1.29 is 13.5 Å². The molecule has 2 heterocycles. The summed E-state index contributed by atoms with van der Waals surface area (Å²) in [7, 11) is 0. The molecule has 2 aromatic heterocycles. The Hall–Kier alpha value is -1.28. The highest BCUT2D eigenvalue weighted by Gasteiger charge is 2.10. The Kier molecular flexibility index (Phi) is 4.07. The summed E-state index contributed by atoms with van der Waals surface area (Å²) in [5, 5.41) is 0. The van der Waals surface area contributed by atoms with Crippen molar-refractivity contribution in [2.24, 2.45) is 0 Å². The molecule has 0 bridgehead atoms. The van der Waals surface area contributed by atoms with Crippen molar-refractivity contribution in [1.82, 2.24) is 14.5 Å². The summed E-state index contributed by atoms with van der Waals surface area (Å²) in [4.78, 5) is 8.32. The van der Waals surface area contributed by atoms with E-state index in [0.717, 1.165) is 4.47 Å². The molecule has 8 heteroatoms. The lowest BCUT2D eigenvalue weighted by Gasteiger charge is -2.06. The number of alkyl halides is 2. The first kappa shape index (κ1) is 13.2. The minimum atomic E-state index is -2.46. The number of aromatic nitrogens is 3. The molecule has 0 fully saturated rings. The third-order valence-corrected chi connectivity index (χ3v) is 2.72. The second kappa shape index (κ2) is 5.57. The zero-order chi connectivity index (χ0) is 13.1. The van der Waals surface area contributed by atoms with Gasteiger partial charge in [0.1, 0.15) is 12.1 Å². The average Bonchev–Trinajstić information content (AvgIpc) is 2.59. The van der Waals surface area contributed by atoms with Gasteiger partial charge in [-0.1, -0.05) is 0 Å². The van der Waals surface area contributed by atoms with Crippen molar-refractivity contribution in [3.63, 3.8) is 0 Å². The van der Waals surface area contributed by atoms with Gasteiger partial charge in [0.15, 0.2) is 5.65 Å². The van der Waals surface area contributed by atoms with Gasteiger partial charge in [-0.25, -0.2) is 18.7 Å². The van der Waals surface area contributed by atoms with Crippen LogP contribution in [0.3, 0.4) is 0 Å². The Bertz CT molecular complexity index is 546. The Balaban J connectivity index is 2.10. The molecule has 0 unspecified atom stereocenters. The number of pyridine rings is 1. The lowest BCUT2D eigenvalue weighted by atomic mass is 10.4. The number of hydrogen-bond donors (Lipinski definition) is 1. The first-order valence-electron chi connectivity index (χ1n) is 5.21. The smallest absolute Gasteiger partial charge is 0.261 e. The summed E-state index contributed by atoms with van der Waals surface area (Å²) >= 11 is 3.29. The summed E-state index contributed by atoms with van der Waals surface area (Å²) in [6, 6.07) is 1.79. The second-order valence-electron chi connectivity index (χ2n) is 3.58. The average molecular weight is 321 g/mol. The zero-order valence-corrected chi connectivity index (χ0v) is 10.9. The number of halogens is 3. The number of hydrogen-bond acceptors (Lipinski definition) is 4. The van der Waals surface area contributed by atoms with Gasteiger partial charge >= 0.3 is 0 Å². The van der Waals surface area contributed by atoms with E-state index in [1.54, 1.807) is 16.8 Å². The topological polar surface area (TPSA) is 66.0 Å². The first-order chi connectivity index (χ1) is 8.58. The van der Waals surface area contributed by atoms with Crippen molar-refractivity contribution in [2.75, 3.05) is 18.9 Å². The standard InChI is InChI=1S/C10H11BrF2N4O/c11-6-3-7-9(15-4-6)17(10(14)16-7)1-2-18-5-8(12)13/h3-4,8H,1-2,5H2,(H2,14,16). The molecule has 0 radical (unpaired) electrons. The maximum absolute atomic E-state index is 11.9. The van der Waals surface area contributed by atoms with E-state index in [1.807, 2.05) is 0 Å². The van der Waals surface area contributed by atoms with E-state index >= 15 is 0 Å². The van der Waals surface area contributed by atoms with Crippen molar-refractivity contribution in [1.29, 1.82) is 0 Å². The highest BCUT2D eigenvalue weighted by atomic mass is 79.9. The molecular formula is C10H11BrF2N4O.